The van der Waals surface area contributed by atoms with Gasteiger partial charge in [0.25, 0.3) is 5.91 Å². The van der Waals surface area contributed by atoms with Crippen LogP contribution in [0.5, 0.6) is 5.75 Å². The highest BCUT2D eigenvalue weighted by molar-refractivity contribution is 5.97. The molecule has 16 heavy (non-hydrogen) atoms. The van der Waals surface area contributed by atoms with E-state index in [9.17, 15) is 4.79 Å². The van der Waals surface area contributed by atoms with Gasteiger partial charge in [-0.05, 0) is 31.4 Å². The molecule has 0 spiro atoms. The van der Waals surface area contributed by atoms with Gasteiger partial charge >= 0.3 is 0 Å². The summed E-state index contributed by atoms with van der Waals surface area (Å²) < 4.78 is 5.74. The van der Waals surface area contributed by atoms with Gasteiger partial charge < -0.3 is 15.8 Å². The number of benzene rings is 1. The minimum Gasteiger partial charge on any atom is -0.490 e. The number of carbonyl (C=O) groups is 1. The Balaban J connectivity index is 2.24. The van der Waals surface area contributed by atoms with E-state index in [-0.39, 0.29) is 12.0 Å². The lowest BCUT2D eigenvalue weighted by Crippen LogP contribution is -2.26. The van der Waals surface area contributed by atoms with Gasteiger partial charge in [0.05, 0.1) is 11.7 Å². The van der Waals surface area contributed by atoms with Crippen molar-refractivity contribution in [1.82, 2.24) is 5.32 Å². The number of nitrogen functional groups attached to an aromatic ring is 1. The summed E-state index contributed by atoms with van der Waals surface area (Å²) in [5.74, 6) is 0.443. The average Bonchev–Trinajstić information content (AvgIpc) is 2.22. The number of rotatable bonds is 3. The first-order chi connectivity index (χ1) is 7.70. The summed E-state index contributed by atoms with van der Waals surface area (Å²) in [6.45, 7) is 0. The van der Waals surface area contributed by atoms with Crippen molar-refractivity contribution in [3.8, 4) is 5.75 Å². The molecule has 0 aliphatic heterocycles. The van der Waals surface area contributed by atoms with Gasteiger partial charge in [-0.25, -0.2) is 0 Å². The second-order valence-corrected chi connectivity index (χ2v) is 4.01. The fourth-order valence-corrected chi connectivity index (χ4v) is 1.63. The zero-order chi connectivity index (χ0) is 11.5. The molecule has 1 saturated carbocycles. The number of ether oxygens (including phenoxy) is 1. The first kappa shape index (κ1) is 10.8. The summed E-state index contributed by atoms with van der Waals surface area (Å²) in [7, 11) is 1.60. The fourth-order valence-electron chi connectivity index (χ4n) is 1.63. The molecule has 1 aromatic carbocycles. The Kier molecular flexibility index (Phi) is 2.99. The van der Waals surface area contributed by atoms with Gasteiger partial charge in [-0.1, -0.05) is 0 Å². The molecule has 1 aliphatic rings. The number of carbonyl (C=O) groups excluding carboxylic acids is 1. The quantitative estimate of drug-likeness (QED) is 0.760. The normalized spacial score (nSPS) is 15.3. The van der Waals surface area contributed by atoms with Crippen LogP contribution in [0.4, 0.5) is 5.69 Å². The lowest BCUT2D eigenvalue weighted by Gasteiger charge is -2.27. The molecule has 4 heteroatoms. The summed E-state index contributed by atoms with van der Waals surface area (Å²) in [4.78, 5) is 11.6. The summed E-state index contributed by atoms with van der Waals surface area (Å²) in [5.41, 5.74) is 6.85. The SMILES string of the molecule is CNC(=O)c1ccc(N)cc1OC1CCC1. The molecule has 86 valence electrons. The highest BCUT2D eigenvalue weighted by atomic mass is 16.5. The molecular weight excluding hydrogens is 204 g/mol. The van der Waals surface area contributed by atoms with E-state index in [1.165, 1.54) is 6.42 Å². The van der Waals surface area contributed by atoms with Crippen molar-refractivity contribution in [3.05, 3.63) is 23.8 Å². The molecule has 0 radical (unpaired) electrons. The molecule has 0 unspecified atom stereocenters. The molecule has 1 fully saturated rings. The maximum atomic E-state index is 11.6. The Labute approximate surface area is 94.8 Å². The van der Waals surface area contributed by atoms with Crippen LogP contribution in [0, 0.1) is 0 Å². The monoisotopic (exact) mass is 220 g/mol. The van der Waals surface area contributed by atoms with Gasteiger partial charge in [-0.3, -0.25) is 4.79 Å². The molecule has 4 nitrogen and oxygen atoms in total. The number of anilines is 1. The molecule has 0 saturated heterocycles. The van der Waals surface area contributed by atoms with E-state index < -0.39 is 0 Å². The Bertz CT molecular complexity index is 400. The Morgan fingerprint density at radius 3 is 2.81 bits per heavy atom. The first-order valence-electron chi connectivity index (χ1n) is 5.49. The van der Waals surface area contributed by atoms with Crippen LogP contribution in [0.2, 0.25) is 0 Å². The van der Waals surface area contributed by atoms with Crippen molar-refractivity contribution in [3.63, 3.8) is 0 Å². The predicted molar refractivity (Wildman–Crippen MR) is 62.5 cm³/mol. The van der Waals surface area contributed by atoms with E-state index in [2.05, 4.69) is 5.32 Å². The van der Waals surface area contributed by atoms with Gasteiger partial charge in [-0.2, -0.15) is 0 Å². The van der Waals surface area contributed by atoms with Crippen molar-refractivity contribution < 1.29 is 9.53 Å². The van der Waals surface area contributed by atoms with Crippen molar-refractivity contribution in [2.24, 2.45) is 0 Å². The Morgan fingerprint density at radius 1 is 1.50 bits per heavy atom. The lowest BCUT2D eigenvalue weighted by atomic mass is 9.96. The van der Waals surface area contributed by atoms with E-state index >= 15 is 0 Å². The maximum Gasteiger partial charge on any atom is 0.254 e. The zero-order valence-electron chi connectivity index (χ0n) is 9.32. The van der Waals surface area contributed by atoms with Gasteiger partial charge in [0.1, 0.15) is 5.75 Å². The molecule has 1 aliphatic carbocycles. The second kappa shape index (κ2) is 4.43. The van der Waals surface area contributed by atoms with Gasteiger partial charge in [0.15, 0.2) is 0 Å². The van der Waals surface area contributed by atoms with E-state index in [1.54, 1.807) is 25.2 Å². The summed E-state index contributed by atoms with van der Waals surface area (Å²) >= 11 is 0. The summed E-state index contributed by atoms with van der Waals surface area (Å²) in [6, 6.07) is 5.11. The second-order valence-electron chi connectivity index (χ2n) is 4.01. The van der Waals surface area contributed by atoms with E-state index in [1.807, 2.05) is 0 Å². The number of nitrogens with one attached hydrogen (secondary N) is 1. The van der Waals surface area contributed by atoms with Crippen LogP contribution in [-0.4, -0.2) is 19.1 Å². The van der Waals surface area contributed by atoms with Crippen LogP contribution in [0.25, 0.3) is 0 Å². The molecule has 1 amide bonds. The maximum absolute atomic E-state index is 11.6. The van der Waals surface area contributed by atoms with Crippen molar-refractivity contribution in [2.45, 2.75) is 25.4 Å². The minimum atomic E-state index is -0.144. The number of amides is 1. The standard InChI is InChI=1S/C12H16N2O2/c1-14-12(15)10-6-5-8(13)7-11(10)16-9-3-2-4-9/h5-7,9H,2-4,13H2,1H3,(H,14,15). The number of hydrogen-bond acceptors (Lipinski definition) is 3. The molecule has 1 aromatic rings. The number of hydrogen-bond donors (Lipinski definition) is 2. The van der Waals surface area contributed by atoms with Gasteiger partial charge in [0.2, 0.25) is 0 Å². The summed E-state index contributed by atoms with van der Waals surface area (Å²) in [5, 5.41) is 2.59. The Hall–Kier alpha value is -1.71. The van der Waals surface area contributed by atoms with Gasteiger partial charge in [0, 0.05) is 18.8 Å². The van der Waals surface area contributed by atoms with Crippen LogP contribution < -0.4 is 15.8 Å². The predicted octanol–water partition coefficient (Wildman–Crippen LogP) is 1.56. The first-order valence-corrected chi connectivity index (χ1v) is 5.49. The third-order valence-corrected chi connectivity index (χ3v) is 2.82. The van der Waals surface area contributed by atoms with Crippen molar-refractivity contribution in [2.75, 3.05) is 12.8 Å². The molecule has 0 atom stereocenters. The third-order valence-electron chi connectivity index (χ3n) is 2.82. The van der Waals surface area contributed by atoms with Crippen molar-refractivity contribution in [1.29, 1.82) is 0 Å². The van der Waals surface area contributed by atoms with Crippen molar-refractivity contribution >= 4 is 11.6 Å². The van der Waals surface area contributed by atoms with Gasteiger partial charge in [-0.15, -0.1) is 0 Å². The molecular formula is C12H16N2O2. The lowest BCUT2D eigenvalue weighted by molar-refractivity contribution is 0.0937. The van der Waals surface area contributed by atoms with Crippen LogP contribution in [0.1, 0.15) is 29.6 Å². The topological polar surface area (TPSA) is 64.4 Å². The van der Waals surface area contributed by atoms with Crippen LogP contribution in [0.3, 0.4) is 0 Å². The number of nitrogens with two attached hydrogens (primary N) is 1. The van der Waals surface area contributed by atoms with Crippen LogP contribution in [0.15, 0.2) is 18.2 Å². The van der Waals surface area contributed by atoms with E-state index in [0.717, 1.165) is 12.8 Å². The largest absolute Gasteiger partial charge is 0.490 e. The molecule has 3 N–H and O–H groups in total. The van der Waals surface area contributed by atoms with Crippen LogP contribution in [-0.2, 0) is 0 Å². The van der Waals surface area contributed by atoms with E-state index in [4.69, 9.17) is 10.5 Å². The minimum absolute atomic E-state index is 0.144. The molecule has 2 rings (SSSR count). The summed E-state index contributed by atoms with van der Waals surface area (Å²) in [6.07, 6.45) is 3.55. The third kappa shape index (κ3) is 2.10. The molecule has 0 heterocycles. The highest BCUT2D eigenvalue weighted by Gasteiger charge is 2.21. The molecule has 0 aromatic heterocycles. The smallest absolute Gasteiger partial charge is 0.254 e. The molecule has 0 bridgehead atoms. The van der Waals surface area contributed by atoms with Crippen LogP contribution >= 0.6 is 0 Å². The average molecular weight is 220 g/mol. The van der Waals surface area contributed by atoms with E-state index in [0.29, 0.717) is 17.0 Å². The Morgan fingerprint density at radius 2 is 2.25 bits per heavy atom. The highest BCUT2D eigenvalue weighted by Crippen LogP contribution is 2.29. The fraction of sp³-hybridized carbons (Fsp3) is 0.417. The zero-order valence-corrected chi connectivity index (χ0v) is 9.32.